The van der Waals surface area contributed by atoms with E-state index < -0.39 is 16.3 Å². The SMILES string of the molecule is O=S(=O)(NCc1ccc(C2OC(CSc3nc4ccccc4s3)CC(c3ccc(CO)cc3)O2)cc1)c1ccccc1. The van der Waals surface area contributed by atoms with Crippen molar-refractivity contribution < 1.29 is 23.0 Å². The second-order valence-electron chi connectivity index (χ2n) is 9.99. The topological polar surface area (TPSA) is 97.8 Å². The minimum Gasteiger partial charge on any atom is -0.392 e. The number of aromatic nitrogens is 1. The van der Waals surface area contributed by atoms with E-state index in [1.807, 2.05) is 66.7 Å². The Morgan fingerprint density at radius 3 is 2.29 bits per heavy atom. The Hall–Kier alpha value is -3.09. The Balaban J connectivity index is 1.16. The molecule has 42 heavy (non-hydrogen) atoms. The molecule has 216 valence electrons. The maximum Gasteiger partial charge on any atom is 0.240 e. The van der Waals surface area contributed by atoms with E-state index in [2.05, 4.69) is 10.8 Å². The minimum absolute atomic E-state index is 0.00712. The molecule has 4 aromatic carbocycles. The van der Waals surface area contributed by atoms with E-state index >= 15 is 0 Å². The maximum absolute atomic E-state index is 12.6. The van der Waals surface area contributed by atoms with Gasteiger partial charge in [0.1, 0.15) is 0 Å². The molecule has 1 aliphatic heterocycles. The molecule has 10 heteroatoms. The molecule has 1 fully saturated rings. The van der Waals surface area contributed by atoms with Crippen LogP contribution in [0.5, 0.6) is 0 Å². The van der Waals surface area contributed by atoms with Gasteiger partial charge in [-0.05, 0) is 41.0 Å². The van der Waals surface area contributed by atoms with Crippen LogP contribution in [0.25, 0.3) is 10.2 Å². The molecule has 0 bridgehead atoms. The average Bonchev–Trinajstić information content (AvgIpc) is 3.47. The summed E-state index contributed by atoms with van der Waals surface area (Å²) in [7, 11) is -3.60. The summed E-state index contributed by atoms with van der Waals surface area (Å²) in [5.41, 5.74) is 4.57. The van der Waals surface area contributed by atoms with Crippen LogP contribution in [0, 0.1) is 0 Å². The van der Waals surface area contributed by atoms with Crippen molar-refractivity contribution in [1.82, 2.24) is 9.71 Å². The van der Waals surface area contributed by atoms with Gasteiger partial charge in [-0.25, -0.2) is 18.1 Å². The summed E-state index contributed by atoms with van der Waals surface area (Å²) in [6, 6.07) is 31.9. The summed E-state index contributed by atoms with van der Waals surface area (Å²) in [5.74, 6) is 0.726. The van der Waals surface area contributed by atoms with E-state index in [4.69, 9.17) is 14.5 Å². The van der Waals surface area contributed by atoms with Crippen molar-refractivity contribution in [3.63, 3.8) is 0 Å². The molecular weight excluding hydrogens is 589 g/mol. The zero-order chi connectivity index (χ0) is 28.9. The third kappa shape index (κ3) is 6.92. The number of sulfonamides is 1. The number of nitrogens with one attached hydrogen (secondary N) is 1. The van der Waals surface area contributed by atoms with Gasteiger partial charge in [-0.3, -0.25) is 0 Å². The van der Waals surface area contributed by atoms with Crippen LogP contribution < -0.4 is 4.72 Å². The normalized spacial score (nSPS) is 19.2. The van der Waals surface area contributed by atoms with E-state index in [0.29, 0.717) is 6.42 Å². The number of thiazole rings is 1. The van der Waals surface area contributed by atoms with Gasteiger partial charge >= 0.3 is 0 Å². The Morgan fingerprint density at radius 2 is 1.55 bits per heavy atom. The molecule has 7 nitrogen and oxygen atoms in total. The highest BCUT2D eigenvalue weighted by molar-refractivity contribution is 8.01. The van der Waals surface area contributed by atoms with Crippen LogP contribution in [0.15, 0.2) is 112 Å². The van der Waals surface area contributed by atoms with Gasteiger partial charge in [0.15, 0.2) is 10.6 Å². The molecule has 0 amide bonds. The second kappa shape index (κ2) is 13.0. The zero-order valence-corrected chi connectivity index (χ0v) is 25.1. The largest absolute Gasteiger partial charge is 0.392 e. The maximum atomic E-state index is 12.6. The highest BCUT2D eigenvalue weighted by Gasteiger charge is 2.32. The fourth-order valence-corrected chi connectivity index (χ4v) is 7.90. The number of hydrogen-bond acceptors (Lipinski definition) is 8. The molecule has 0 spiro atoms. The summed E-state index contributed by atoms with van der Waals surface area (Å²) in [6.45, 7) is 0.165. The fourth-order valence-electron chi connectivity index (χ4n) is 4.75. The predicted molar refractivity (Wildman–Crippen MR) is 166 cm³/mol. The van der Waals surface area contributed by atoms with Crippen LogP contribution in [-0.4, -0.2) is 30.4 Å². The van der Waals surface area contributed by atoms with Crippen LogP contribution in [0.2, 0.25) is 0 Å². The summed E-state index contributed by atoms with van der Waals surface area (Å²) >= 11 is 3.37. The average molecular weight is 619 g/mol. The molecule has 3 atom stereocenters. The Kier molecular flexibility index (Phi) is 9.01. The lowest BCUT2D eigenvalue weighted by Gasteiger charge is -2.36. The second-order valence-corrected chi connectivity index (χ2v) is 14.1. The van der Waals surface area contributed by atoms with Gasteiger partial charge in [0.2, 0.25) is 10.0 Å². The lowest BCUT2D eigenvalue weighted by molar-refractivity contribution is -0.245. The number of fused-ring (bicyclic) bond motifs is 1. The number of benzene rings is 4. The van der Waals surface area contributed by atoms with Crippen LogP contribution in [0.1, 0.15) is 41.1 Å². The highest BCUT2D eigenvalue weighted by Crippen LogP contribution is 2.40. The summed E-state index contributed by atoms with van der Waals surface area (Å²) in [5, 5.41) is 9.47. The molecule has 0 aliphatic carbocycles. The summed E-state index contributed by atoms with van der Waals surface area (Å²) in [6.07, 6.45) is -0.167. The van der Waals surface area contributed by atoms with Crippen LogP contribution in [-0.2, 0) is 32.6 Å². The molecule has 5 aromatic rings. The lowest BCUT2D eigenvalue weighted by Crippen LogP contribution is -2.31. The van der Waals surface area contributed by atoms with Crippen molar-refractivity contribution in [3.05, 3.63) is 125 Å². The minimum atomic E-state index is -3.60. The lowest BCUT2D eigenvalue weighted by atomic mass is 10.0. The van der Waals surface area contributed by atoms with Crippen molar-refractivity contribution in [1.29, 1.82) is 0 Å². The first kappa shape index (κ1) is 29.0. The monoisotopic (exact) mass is 618 g/mol. The van der Waals surface area contributed by atoms with Crippen LogP contribution in [0.3, 0.4) is 0 Å². The Bertz CT molecular complexity index is 1690. The van der Waals surface area contributed by atoms with E-state index in [-0.39, 0.29) is 30.3 Å². The molecule has 2 N–H and O–H groups in total. The van der Waals surface area contributed by atoms with E-state index in [0.717, 1.165) is 37.9 Å². The Morgan fingerprint density at radius 1 is 0.857 bits per heavy atom. The number of rotatable bonds is 10. The number of hydrogen-bond donors (Lipinski definition) is 2. The van der Waals surface area contributed by atoms with E-state index in [1.54, 1.807) is 53.4 Å². The number of para-hydroxylation sites is 1. The molecule has 0 saturated carbocycles. The number of aliphatic hydroxyl groups is 1. The molecular formula is C32H30N2O5S3. The molecule has 1 aliphatic rings. The van der Waals surface area contributed by atoms with Crippen molar-refractivity contribution >= 4 is 43.3 Å². The molecule has 2 heterocycles. The van der Waals surface area contributed by atoms with Crippen LogP contribution >= 0.6 is 23.1 Å². The number of ether oxygens (including phenoxy) is 2. The van der Waals surface area contributed by atoms with Gasteiger partial charge in [0.25, 0.3) is 0 Å². The van der Waals surface area contributed by atoms with Crippen molar-refractivity contribution in [2.75, 3.05) is 5.75 Å². The van der Waals surface area contributed by atoms with Gasteiger partial charge in [-0.1, -0.05) is 90.6 Å². The van der Waals surface area contributed by atoms with Gasteiger partial charge < -0.3 is 14.6 Å². The predicted octanol–water partition coefficient (Wildman–Crippen LogP) is 6.60. The molecule has 0 radical (unpaired) electrons. The highest BCUT2D eigenvalue weighted by atomic mass is 32.2. The third-order valence-corrected chi connectivity index (χ3v) is 10.8. The van der Waals surface area contributed by atoms with E-state index in [1.165, 1.54) is 4.70 Å². The van der Waals surface area contributed by atoms with E-state index in [9.17, 15) is 13.5 Å². The quantitative estimate of drug-likeness (QED) is 0.170. The molecule has 1 aromatic heterocycles. The van der Waals surface area contributed by atoms with Gasteiger partial charge in [-0.2, -0.15) is 0 Å². The first-order chi connectivity index (χ1) is 20.5. The van der Waals surface area contributed by atoms with Gasteiger partial charge in [0.05, 0.1) is 33.9 Å². The number of aliphatic hydroxyl groups excluding tert-OH is 1. The summed E-state index contributed by atoms with van der Waals surface area (Å²) in [4.78, 5) is 4.99. The number of nitrogens with zero attached hydrogens (tertiary/aromatic N) is 1. The van der Waals surface area contributed by atoms with Crippen molar-refractivity contribution in [2.45, 2.75) is 47.3 Å². The standard InChI is InChI=1S/C32H30N2O5S3/c35-20-23-12-14-24(15-13-23)29-18-26(21-40-32-34-28-8-4-5-9-30(28)41-32)38-31(39-29)25-16-10-22(11-17-25)19-33-42(36,37)27-6-2-1-3-7-27/h1-17,26,29,31,33,35H,18-21H2. The molecule has 6 rings (SSSR count). The zero-order valence-electron chi connectivity index (χ0n) is 22.6. The van der Waals surface area contributed by atoms with Gasteiger partial charge in [-0.15, -0.1) is 11.3 Å². The van der Waals surface area contributed by atoms with Crippen molar-refractivity contribution in [3.8, 4) is 0 Å². The third-order valence-electron chi connectivity index (χ3n) is 7.05. The first-order valence-electron chi connectivity index (χ1n) is 13.6. The first-order valence-corrected chi connectivity index (χ1v) is 16.9. The Labute approximate surface area is 253 Å². The summed E-state index contributed by atoms with van der Waals surface area (Å²) < 4.78 is 43.0. The van der Waals surface area contributed by atoms with Crippen LogP contribution in [0.4, 0.5) is 0 Å². The van der Waals surface area contributed by atoms with Crippen molar-refractivity contribution in [2.24, 2.45) is 0 Å². The number of thioether (sulfide) groups is 1. The van der Waals surface area contributed by atoms with Gasteiger partial charge in [0, 0.05) is 24.3 Å². The smallest absolute Gasteiger partial charge is 0.240 e. The molecule has 3 unspecified atom stereocenters. The molecule has 1 saturated heterocycles. The fraction of sp³-hybridized carbons (Fsp3) is 0.219.